The van der Waals surface area contributed by atoms with Crippen molar-refractivity contribution in [3.63, 3.8) is 0 Å². The van der Waals surface area contributed by atoms with Crippen LogP contribution in [0.25, 0.3) is 0 Å². The van der Waals surface area contributed by atoms with Crippen LogP contribution >= 0.6 is 0 Å². The third kappa shape index (κ3) is 8.99. The summed E-state index contributed by atoms with van der Waals surface area (Å²) in [6.45, 7) is 11.5. The molecule has 0 radical (unpaired) electrons. The molecule has 40 heavy (non-hydrogen) atoms. The molecular formula is C29H43F3N6O2. The fourth-order valence-corrected chi connectivity index (χ4v) is 5.04. The van der Waals surface area contributed by atoms with Crippen molar-refractivity contribution in [3.8, 4) is 0 Å². The van der Waals surface area contributed by atoms with Gasteiger partial charge in [0.25, 0.3) is 0 Å². The van der Waals surface area contributed by atoms with E-state index in [0.29, 0.717) is 6.42 Å². The molecule has 3 heterocycles. The third-order valence-corrected chi connectivity index (χ3v) is 7.29. The van der Waals surface area contributed by atoms with E-state index >= 15 is 0 Å². The Labute approximate surface area is 235 Å². The molecule has 2 saturated heterocycles. The number of pyridine rings is 1. The van der Waals surface area contributed by atoms with Gasteiger partial charge in [0.2, 0.25) is 5.91 Å². The van der Waals surface area contributed by atoms with Crippen molar-refractivity contribution in [1.29, 1.82) is 0 Å². The third-order valence-electron chi connectivity index (χ3n) is 7.29. The second-order valence-electron chi connectivity index (χ2n) is 9.91. The molecule has 0 saturated carbocycles. The zero-order valence-electron chi connectivity index (χ0n) is 24.1. The maximum Gasteiger partial charge on any atom is 0.416 e. The summed E-state index contributed by atoms with van der Waals surface area (Å²) in [5, 5.41) is 3.48. The number of aromatic nitrogens is 1. The van der Waals surface area contributed by atoms with Crippen LogP contribution in [-0.4, -0.2) is 79.7 Å². The summed E-state index contributed by atoms with van der Waals surface area (Å²) < 4.78 is 38.4. The molecule has 1 aromatic heterocycles. The molecule has 0 bridgehead atoms. The zero-order valence-corrected chi connectivity index (χ0v) is 24.1. The lowest BCUT2D eigenvalue weighted by atomic mass is 10.0. The normalized spacial score (nSPS) is 16.8. The number of nitrogens with one attached hydrogen (secondary N) is 2. The first-order chi connectivity index (χ1) is 19.2. The van der Waals surface area contributed by atoms with E-state index in [-0.39, 0.29) is 11.9 Å². The van der Waals surface area contributed by atoms with E-state index in [9.17, 15) is 18.0 Å². The highest BCUT2D eigenvalue weighted by Crippen LogP contribution is 2.30. The quantitative estimate of drug-likeness (QED) is 0.395. The fourth-order valence-electron chi connectivity index (χ4n) is 5.04. The summed E-state index contributed by atoms with van der Waals surface area (Å²) in [5.41, 5.74) is 4.69. The Balaban J connectivity index is 0.00000216. The Bertz CT molecular complexity index is 1050. The number of likely N-dealkylation sites (tertiary alicyclic amines) is 1. The summed E-state index contributed by atoms with van der Waals surface area (Å²) in [7, 11) is 1.57. The van der Waals surface area contributed by atoms with Crippen LogP contribution in [0.15, 0.2) is 36.4 Å². The minimum absolute atomic E-state index is 0.204. The molecular weight excluding hydrogens is 521 g/mol. The van der Waals surface area contributed by atoms with Gasteiger partial charge in [-0.3, -0.25) is 20.0 Å². The van der Waals surface area contributed by atoms with E-state index in [1.165, 1.54) is 0 Å². The smallest absolute Gasteiger partial charge is 0.369 e. The zero-order chi connectivity index (χ0) is 29.1. The molecule has 2 aromatic rings. The van der Waals surface area contributed by atoms with E-state index in [1.54, 1.807) is 19.2 Å². The largest absolute Gasteiger partial charge is 0.416 e. The van der Waals surface area contributed by atoms with Crippen molar-refractivity contribution >= 4 is 23.1 Å². The topological polar surface area (TPSA) is 73.0 Å². The van der Waals surface area contributed by atoms with Gasteiger partial charge in [0.05, 0.1) is 24.1 Å². The number of carbonyl (C=O) groups excluding carboxylic acids is 1. The van der Waals surface area contributed by atoms with Gasteiger partial charge in [-0.2, -0.15) is 13.2 Å². The molecule has 1 aromatic carbocycles. The molecule has 2 N–H and O–H groups in total. The van der Waals surface area contributed by atoms with Crippen molar-refractivity contribution < 1.29 is 22.8 Å². The first kappa shape index (κ1) is 31.5. The van der Waals surface area contributed by atoms with Crippen molar-refractivity contribution in [2.45, 2.75) is 58.7 Å². The minimum Gasteiger partial charge on any atom is -0.369 e. The molecule has 0 aliphatic carbocycles. The maximum absolute atomic E-state index is 12.8. The number of piperazine rings is 1. The number of alkyl halides is 3. The standard InChI is InChI=1S/C27H37F3N6O2.C2H6/c1-20-24(33-38-2)9-10-25(31-20)32-22-11-14-36(15-12-22)26(37)4-3-13-34-16-18-35(19-17-34)23-7-5-21(6-8-23)27(28,29)30;1-2/h5-10,22,33H,3-4,11-19H2,1-2H3,(H,31,32);1-2H3. The molecule has 4 rings (SSSR count). The number of rotatable bonds is 9. The molecule has 1 amide bonds. The Kier molecular flexibility index (Phi) is 11.9. The molecule has 2 aliphatic rings. The summed E-state index contributed by atoms with van der Waals surface area (Å²) >= 11 is 0. The van der Waals surface area contributed by atoms with Crippen LogP contribution in [0.3, 0.4) is 0 Å². The van der Waals surface area contributed by atoms with Crippen LogP contribution in [0.2, 0.25) is 0 Å². The number of anilines is 3. The van der Waals surface area contributed by atoms with Gasteiger partial charge >= 0.3 is 6.18 Å². The first-order valence-corrected chi connectivity index (χ1v) is 14.2. The predicted molar refractivity (Wildman–Crippen MR) is 154 cm³/mol. The second-order valence-corrected chi connectivity index (χ2v) is 9.91. The van der Waals surface area contributed by atoms with Gasteiger partial charge in [-0.05, 0) is 69.1 Å². The monoisotopic (exact) mass is 564 g/mol. The molecule has 2 fully saturated rings. The van der Waals surface area contributed by atoms with Crippen LogP contribution in [0.1, 0.15) is 50.8 Å². The van der Waals surface area contributed by atoms with Crippen molar-refractivity contribution in [1.82, 2.24) is 14.8 Å². The van der Waals surface area contributed by atoms with E-state index in [4.69, 9.17) is 4.84 Å². The lowest BCUT2D eigenvalue weighted by Gasteiger charge is -2.36. The van der Waals surface area contributed by atoms with E-state index in [0.717, 1.165) is 100 Å². The summed E-state index contributed by atoms with van der Waals surface area (Å²) in [6, 6.07) is 9.52. The van der Waals surface area contributed by atoms with E-state index < -0.39 is 11.7 Å². The molecule has 8 nitrogen and oxygen atoms in total. The highest BCUT2D eigenvalue weighted by Gasteiger charge is 2.30. The Morgan fingerprint density at radius 2 is 1.65 bits per heavy atom. The second kappa shape index (κ2) is 15.1. The highest BCUT2D eigenvalue weighted by molar-refractivity contribution is 5.76. The number of carbonyl (C=O) groups is 1. The van der Waals surface area contributed by atoms with Gasteiger partial charge in [0.1, 0.15) is 5.82 Å². The average molecular weight is 565 g/mol. The molecule has 11 heteroatoms. The number of hydrogen-bond acceptors (Lipinski definition) is 7. The van der Waals surface area contributed by atoms with Gasteiger partial charge < -0.3 is 15.1 Å². The molecule has 2 aliphatic heterocycles. The van der Waals surface area contributed by atoms with Crippen LogP contribution in [0.5, 0.6) is 0 Å². The maximum atomic E-state index is 12.8. The number of benzene rings is 1. The average Bonchev–Trinajstić information content (AvgIpc) is 2.96. The predicted octanol–water partition coefficient (Wildman–Crippen LogP) is 5.41. The summed E-state index contributed by atoms with van der Waals surface area (Å²) in [6.07, 6.45) is -1.20. The van der Waals surface area contributed by atoms with Crippen molar-refractivity contribution in [2.75, 3.05) is 68.6 Å². The van der Waals surface area contributed by atoms with Crippen molar-refractivity contribution in [2.24, 2.45) is 0 Å². The molecule has 0 atom stereocenters. The summed E-state index contributed by atoms with van der Waals surface area (Å²) in [5.74, 6) is 1.03. The highest BCUT2D eigenvalue weighted by atomic mass is 19.4. The van der Waals surface area contributed by atoms with Gasteiger partial charge in [0, 0.05) is 57.4 Å². The number of aryl methyl sites for hydroxylation is 1. The Morgan fingerprint density at radius 3 is 2.23 bits per heavy atom. The molecule has 0 spiro atoms. The summed E-state index contributed by atoms with van der Waals surface area (Å²) in [4.78, 5) is 28.7. The number of hydrogen-bond donors (Lipinski definition) is 2. The van der Waals surface area contributed by atoms with Gasteiger partial charge in [0.15, 0.2) is 0 Å². The lowest BCUT2D eigenvalue weighted by molar-refractivity contribution is -0.137. The van der Waals surface area contributed by atoms with Crippen LogP contribution in [-0.2, 0) is 15.8 Å². The van der Waals surface area contributed by atoms with Gasteiger partial charge in [-0.1, -0.05) is 13.8 Å². The lowest BCUT2D eigenvalue weighted by Crippen LogP contribution is -2.47. The molecule has 222 valence electrons. The SMILES string of the molecule is CC.CONc1ccc(NC2CCN(C(=O)CCCN3CCN(c4ccc(C(F)(F)F)cc4)CC3)CC2)nc1C. The van der Waals surface area contributed by atoms with Crippen LogP contribution in [0, 0.1) is 6.92 Å². The van der Waals surface area contributed by atoms with E-state index in [2.05, 4.69) is 25.6 Å². The number of halogens is 3. The number of piperidine rings is 1. The molecule has 0 unspecified atom stereocenters. The number of amides is 1. The minimum atomic E-state index is -4.31. The Morgan fingerprint density at radius 1 is 1.00 bits per heavy atom. The van der Waals surface area contributed by atoms with Gasteiger partial charge in [-0.25, -0.2) is 4.98 Å². The Hall–Kier alpha value is -3.05. The van der Waals surface area contributed by atoms with E-state index in [1.807, 2.05) is 37.8 Å². The van der Waals surface area contributed by atoms with Gasteiger partial charge in [-0.15, -0.1) is 0 Å². The van der Waals surface area contributed by atoms with Crippen molar-refractivity contribution in [3.05, 3.63) is 47.7 Å². The van der Waals surface area contributed by atoms with Crippen LogP contribution < -0.4 is 15.7 Å². The fraction of sp³-hybridized carbons (Fsp3) is 0.586. The number of nitrogens with zero attached hydrogens (tertiary/aromatic N) is 4. The first-order valence-electron chi connectivity index (χ1n) is 14.2. The van der Waals surface area contributed by atoms with Crippen LogP contribution in [0.4, 0.5) is 30.4 Å².